The zero-order valence-electron chi connectivity index (χ0n) is 1.60. The molecule has 0 aliphatic heterocycles. The van der Waals surface area contributed by atoms with Crippen LogP contribution in [0.2, 0.25) is 0 Å². The van der Waals surface area contributed by atoms with Crippen LogP contribution in [0.4, 0.5) is 0 Å². The van der Waals surface area contributed by atoms with Crippen molar-refractivity contribution in [1.82, 2.24) is 0 Å². The molecule has 0 aliphatic rings. The van der Waals surface area contributed by atoms with E-state index in [2.05, 4.69) is 0 Å². The fraction of sp³-hybridized carbons (Fsp3) is 0. The maximum atomic E-state index is 8.41. The Morgan fingerprint density at radius 2 is 1.25 bits per heavy atom. The summed E-state index contributed by atoms with van der Waals surface area (Å²) in [6, 6.07) is 0. The van der Waals surface area contributed by atoms with E-state index >= 15 is 0 Å². The second-order valence-electron chi connectivity index (χ2n) is 0.0630. The van der Waals surface area contributed by atoms with Crippen molar-refractivity contribution in [1.29, 1.82) is 0 Å². The fourth-order valence-corrected chi connectivity index (χ4v) is 0. The van der Waals surface area contributed by atoms with Crippen molar-refractivity contribution >= 4 is 12.4 Å². The van der Waals surface area contributed by atoms with E-state index in [1.54, 1.807) is 0 Å². The fourth-order valence-electron chi connectivity index (χ4n) is 0. The molecule has 0 radical (unpaired) electrons. The Kier molecular flexibility index (Phi) is 22.0. The Hall–Kier alpha value is 0.409. The van der Waals surface area contributed by atoms with Crippen molar-refractivity contribution in [3.8, 4) is 0 Å². The summed E-state index contributed by atoms with van der Waals surface area (Å²) in [5.74, 6) is 0. The number of hydrogen-bond acceptors (Lipinski definition) is 2. The molecule has 0 aromatic heterocycles. The number of hydrogen-bond donors (Lipinski definition) is 0. The van der Waals surface area contributed by atoms with Gasteiger partial charge in [-0.1, -0.05) is 0 Å². The van der Waals surface area contributed by atoms with E-state index < -0.39 is 14.8 Å². The van der Waals surface area contributed by atoms with Crippen LogP contribution in [0.25, 0.3) is 0 Å². The van der Waals surface area contributed by atoms with Crippen molar-refractivity contribution in [3.05, 3.63) is 0 Å². The molecule has 4 heavy (non-hydrogen) atoms. The second-order valence-corrected chi connectivity index (χ2v) is 0.260. The zero-order chi connectivity index (χ0) is 2.71. The van der Waals surface area contributed by atoms with Gasteiger partial charge in [-0.2, -0.15) is 0 Å². The van der Waals surface area contributed by atoms with Crippen molar-refractivity contribution in [3.63, 3.8) is 0 Å². The topological polar surface area (TPSA) is 34.1 Å². The van der Waals surface area contributed by atoms with Gasteiger partial charge >= 0.3 is 22.5 Å². The van der Waals surface area contributed by atoms with Crippen molar-refractivity contribution in [2.24, 2.45) is 0 Å². The summed E-state index contributed by atoms with van der Waals surface area (Å²) in [5.41, 5.74) is 0. The molecule has 0 bridgehead atoms. The van der Waals surface area contributed by atoms with E-state index in [0.717, 1.165) is 0 Å². The molecule has 0 saturated heterocycles. The van der Waals surface area contributed by atoms with E-state index in [9.17, 15) is 0 Å². The zero-order valence-corrected chi connectivity index (χ0v) is 3.60. The molecule has 0 heterocycles. The van der Waals surface area contributed by atoms with Gasteiger partial charge in [-0.3, -0.25) is 0 Å². The average Bonchev–Trinajstić information content (AvgIpc) is 0.918. The van der Waals surface area contributed by atoms with Gasteiger partial charge in [0.2, 0.25) is 0 Å². The van der Waals surface area contributed by atoms with Gasteiger partial charge in [0.05, 0.1) is 0 Å². The molecular weight excluding hydrogens is 122 g/mol. The van der Waals surface area contributed by atoms with Crippen LogP contribution in [0.1, 0.15) is 0 Å². The van der Waals surface area contributed by atoms with Crippen LogP contribution < -0.4 is 0 Å². The standard InChI is InChI=1S/ClH.Mn.2O/h1H;;;. The molecule has 0 fully saturated rings. The predicted octanol–water partition coefficient (Wildman–Crippen LogP) is 0.182. The van der Waals surface area contributed by atoms with Gasteiger partial charge in [0.25, 0.3) is 0 Å². The molecule has 0 amide bonds. The van der Waals surface area contributed by atoms with Crippen LogP contribution in [0, 0.1) is 0 Å². The monoisotopic (exact) mass is 123 g/mol. The minimum atomic E-state index is -1.44. The SMILES string of the molecule is Cl.[O]=[Mn]=[O]. The van der Waals surface area contributed by atoms with Crippen molar-refractivity contribution < 1.29 is 22.5 Å². The van der Waals surface area contributed by atoms with Gasteiger partial charge in [0, 0.05) is 0 Å². The Morgan fingerprint density at radius 1 is 1.25 bits per heavy atom. The van der Waals surface area contributed by atoms with Gasteiger partial charge in [-0.05, 0) is 0 Å². The minimum absolute atomic E-state index is 0. The molecule has 0 aromatic rings. The molecule has 2 nitrogen and oxygen atoms in total. The molecule has 0 N–H and O–H groups in total. The Bertz CT molecular complexity index is 27.0. The van der Waals surface area contributed by atoms with Crippen LogP contribution in [-0.4, -0.2) is 0 Å². The van der Waals surface area contributed by atoms with Crippen LogP contribution >= 0.6 is 12.4 Å². The summed E-state index contributed by atoms with van der Waals surface area (Å²) in [7, 11) is 0. The summed E-state index contributed by atoms with van der Waals surface area (Å²) < 4.78 is 16.8. The normalized spacial score (nSPS) is 3.00. The number of halogens is 1. The number of rotatable bonds is 0. The summed E-state index contributed by atoms with van der Waals surface area (Å²) in [4.78, 5) is 0. The molecular formula is HClMnO2. The van der Waals surface area contributed by atoms with Gasteiger partial charge in [0.1, 0.15) is 0 Å². The predicted molar refractivity (Wildman–Crippen MR) is 8.62 cm³/mol. The first-order chi connectivity index (χ1) is 1.41. The van der Waals surface area contributed by atoms with Crippen LogP contribution in [0.3, 0.4) is 0 Å². The molecule has 0 spiro atoms. The van der Waals surface area contributed by atoms with Gasteiger partial charge in [-0.25, -0.2) is 0 Å². The van der Waals surface area contributed by atoms with Crippen molar-refractivity contribution in [2.45, 2.75) is 0 Å². The Labute approximate surface area is 35.5 Å². The van der Waals surface area contributed by atoms with E-state index in [-0.39, 0.29) is 12.4 Å². The van der Waals surface area contributed by atoms with Gasteiger partial charge in [-0.15, -0.1) is 12.4 Å². The first-order valence-electron chi connectivity index (χ1n) is 0.309. The molecule has 0 atom stereocenters. The third-order valence-corrected chi connectivity index (χ3v) is 0. The van der Waals surface area contributed by atoms with Crippen molar-refractivity contribution in [2.75, 3.05) is 0 Å². The first kappa shape index (κ1) is 8.83. The molecule has 0 saturated carbocycles. The third-order valence-electron chi connectivity index (χ3n) is 0. The van der Waals surface area contributed by atoms with E-state index in [1.165, 1.54) is 0 Å². The second kappa shape index (κ2) is 9.96. The van der Waals surface area contributed by atoms with Crippen LogP contribution in [0.15, 0.2) is 0 Å². The van der Waals surface area contributed by atoms with E-state index in [0.29, 0.717) is 0 Å². The summed E-state index contributed by atoms with van der Waals surface area (Å²) >= 11 is -1.44. The maximum absolute atomic E-state index is 8.41. The van der Waals surface area contributed by atoms with Gasteiger partial charge < -0.3 is 0 Å². The average molecular weight is 123 g/mol. The van der Waals surface area contributed by atoms with Crippen LogP contribution in [0.5, 0.6) is 0 Å². The Balaban J connectivity index is 0. The Morgan fingerprint density at radius 3 is 1.25 bits per heavy atom. The first-order valence-corrected chi connectivity index (χ1v) is 1.27. The quantitative estimate of drug-likeness (QED) is 0.431. The van der Waals surface area contributed by atoms with E-state index in [1.807, 2.05) is 0 Å². The summed E-state index contributed by atoms with van der Waals surface area (Å²) in [5, 5.41) is 0. The third kappa shape index (κ3) is 28.5. The molecule has 0 rings (SSSR count). The van der Waals surface area contributed by atoms with E-state index in [4.69, 9.17) is 7.67 Å². The molecule has 0 aromatic carbocycles. The summed E-state index contributed by atoms with van der Waals surface area (Å²) in [6.45, 7) is 0. The van der Waals surface area contributed by atoms with Crippen LogP contribution in [-0.2, 0) is 22.5 Å². The summed E-state index contributed by atoms with van der Waals surface area (Å²) in [6.07, 6.45) is 0. The van der Waals surface area contributed by atoms with Gasteiger partial charge in [0.15, 0.2) is 0 Å². The molecule has 27 valence electrons. The molecule has 0 aliphatic carbocycles. The molecule has 4 heteroatoms. The molecule has 0 unspecified atom stereocenters.